The molecule has 56 valence electrons. The number of hydrogen-bond acceptors (Lipinski definition) is 2. The molecule has 1 aromatic heterocycles. The molecule has 1 rings (SSSR count). The predicted molar refractivity (Wildman–Crippen MR) is 41.1 cm³/mol. The molecule has 0 saturated carbocycles. The summed E-state index contributed by atoms with van der Waals surface area (Å²) in [5.74, 6) is 0. The van der Waals surface area contributed by atoms with Crippen molar-refractivity contribution in [3.05, 3.63) is 18.0 Å². The van der Waals surface area contributed by atoms with Gasteiger partial charge in [0.15, 0.2) is 0 Å². The van der Waals surface area contributed by atoms with E-state index in [0.29, 0.717) is 0 Å². The van der Waals surface area contributed by atoms with Crippen molar-refractivity contribution in [1.82, 2.24) is 10.2 Å². The number of nitrogens with one attached hydrogen (secondary N) is 1. The van der Waals surface area contributed by atoms with Crippen molar-refractivity contribution in [2.24, 2.45) is 0 Å². The Kier molecular flexibility index (Phi) is 2.21. The first kappa shape index (κ1) is 7.47. The molecule has 0 aromatic carbocycles. The maximum atomic E-state index is 10.9. The molecule has 0 amide bonds. The molecule has 0 aliphatic heterocycles. The Hall–Kier alpha value is -0.640. The summed E-state index contributed by atoms with van der Waals surface area (Å²) in [5, 5.41) is 6.60. The highest BCUT2D eigenvalue weighted by molar-refractivity contribution is 7.84. The van der Waals surface area contributed by atoms with Gasteiger partial charge in [-0.15, -0.1) is 0 Å². The summed E-state index contributed by atoms with van der Waals surface area (Å²) < 4.78 is 10.9. The number of H-pyrrole nitrogens is 1. The summed E-state index contributed by atoms with van der Waals surface area (Å²) in [7, 11) is -0.811. The second-order valence-corrected chi connectivity index (χ2v) is 3.86. The number of hydrogen-bond donors (Lipinski definition) is 1. The molecule has 0 aliphatic rings. The molecule has 0 bridgehead atoms. The third kappa shape index (κ3) is 1.44. The Balaban J connectivity index is 2.77. The van der Waals surface area contributed by atoms with Crippen molar-refractivity contribution >= 4 is 10.8 Å². The summed E-state index contributed by atoms with van der Waals surface area (Å²) in [6, 6.07) is 1.84. The van der Waals surface area contributed by atoms with Crippen LogP contribution in [0.5, 0.6) is 0 Å². The third-order valence-corrected chi connectivity index (χ3v) is 2.71. The zero-order chi connectivity index (χ0) is 7.56. The van der Waals surface area contributed by atoms with Gasteiger partial charge < -0.3 is 0 Å². The van der Waals surface area contributed by atoms with Gasteiger partial charge in [0.25, 0.3) is 0 Å². The lowest BCUT2D eigenvalue weighted by Crippen LogP contribution is -2.00. The molecule has 0 fully saturated rings. The van der Waals surface area contributed by atoms with Crippen LogP contribution in [0.2, 0.25) is 0 Å². The van der Waals surface area contributed by atoms with Crippen LogP contribution in [0, 0.1) is 0 Å². The van der Waals surface area contributed by atoms with Gasteiger partial charge in [0.1, 0.15) is 0 Å². The second-order valence-electron chi connectivity index (χ2n) is 2.15. The molecule has 1 heterocycles. The molecule has 10 heavy (non-hydrogen) atoms. The van der Waals surface area contributed by atoms with Gasteiger partial charge in [-0.05, 0) is 13.0 Å². The van der Waals surface area contributed by atoms with Crippen LogP contribution in [0.1, 0.15) is 17.9 Å². The van der Waals surface area contributed by atoms with Gasteiger partial charge in [-0.1, -0.05) is 0 Å². The van der Waals surface area contributed by atoms with Crippen molar-refractivity contribution in [2.75, 3.05) is 6.26 Å². The maximum Gasteiger partial charge on any atom is 0.0732 e. The van der Waals surface area contributed by atoms with E-state index in [-0.39, 0.29) is 5.25 Å². The fourth-order valence-corrected chi connectivity index (χ4v) is 1.16. The average molecular weight is 158 g/mol. The Morgan fingerprint density at radius 1 is 1.80 bits per heavy atom. The smallest absolute Gasteiger partial charge is 0.0732 e. The monoisotopic (exact) mass is 158 g/mol. The minimum Gasteiger partial charge on any atom is -0.281 e. The average Bonchev–Trinajstić information content (AvgIpc) is 2.36. The topological polar surface area (TPSA) is 45.8 Å². The molecule has 3 nitrogen and oxygen atoms in total. The summed E-state index contributed by atoms with van der Waals surface area (Å²) in [4.78, 5) is 0. The number of aromatic nitrogens is 2. The molecule has 2 atom stereocenters. The zero-order valence-electron chi connectivity index (χ0n) is 6.00. The van der Waals surface area contributed by atoms with E-state index in [0.717, 1.165) is 5.69 Å². The van der Waals surface area contributed by atoms with E-state index in [1.54, 1.807) is 12.5 Å². The number of rotatable bonds is 2. The quantitative estimate of drug-likeness (QED) is 0.693. The fourth-order valence-electron chi connectivity index (χ4n) is 0.672. The molecule has 4 heteroatoms. The van der Waals surface area contributed by atoms with Gasteiger partial charge in [0.2, 0.25) is 0 Å². The Labute approximate surface area is 62.3 Å². The second kappa shape index (κ2) is 2.96. The molecule has 0 radical (unpaired) electrons. The highest BCUT2D eigenvalue weighted by atomic mass is 32.2. The molecular formula is C6H10N2OS. The first-order valence-corrected chi connectivity index (χ1v) is 4.65. The van der Waals surface area contributed by atoms with Gasteiger partial charge >= 0.3 is 0 Å². The van der Waals surface area contributed by atoms with Crippen LogP contribution in [-0.4, -0.2) is 20.7 Å². The first-order valence-electron chi connectivity index (χ1n) is 3.03. The molecule has 2 unspecified atom stereocenters. The van der Waals surface area contributed by atoms with E-state index in [9.17, 15) is 4.21 Å². The zero-order valence-corrected chi connectivity index (χ0v) is 6.81. The number of aromatic amines is 1. The highest BCUT2D eigenvalue weighted by Crippen LogP contribution is 2.13. The van der Waals surface area contributed by atoms with Crippen molar-refractivity contribution in [3.8, 4) is 0 Å². The largest absolute Gasteiger partial charge is 0.281 e. The minimum absolute atomic E-state index is 0.0579. The van der Waals surface area contributed by atoms with Crippen molar-refractivity contribution in [2.45, 2.75) is 12.2 Å². The van der Waals surface area contributed by atoms with E-state index >= 15 is 0 Å². The van der Waals surface area contributed by atoms with Crippen LogP contribution in [0.15, 0.2) is 12.3 Å². The molecule has 0 spiro atoms. The lowest BCUT2D eigenvalue weighted by molar-refractivity contribution is 0.678. The summed E-state index contributed by atoms with van der Waals surface area (Å²) in [6.45, 7) is 1.91. The van der Waals surface area contributed by atoms with Gasteiger partial charge in [-0.25, -0.2) is 0 Å². The SMILES string of the molecule is CC(c1ccn[nH]1)S(C)=O. The van der Waals surface area contributed by atoms with Crippen LogP contribution in [0.4, 0.5) is 0 Å². The summed E-state index contributed by atoms with van der Waals surface area (Å²) in [5.41, 5.74) is 0.931. The lowest BCUT2D eigenvalue weighted by Gasteiger charge is -2.02. The minimum atomic E-state index is -0.811. The Morgan fingerprint density at radius 3 is 2.90 bits per heavy atom. The van der Waals surface area contributed by atoms with Crippen molar-refractivity contribution < 1.29 is 4.21 Å². The van der Waals surface area contributed by atoms with Gasteiger partial charge in [-0.3, -0.25) is 9.31 Å². The fraction of sp³-hybridized carbons (Fsp3) is 0.500. The molecule has 0 saturated heterocycles. The van der Waals surface area contributed by atoms with Crippen LogP contribution in [0.25, 0.3) is 0 Å². The van der Waals surface area contributed by atoms with E-state index in [1.165, 1.54) is 0 Å². The van der Waals surface area contributed by atoms with Crippen LogP contribution in [0.3, 0.4) is 0 Å². The van der Waals surface area contributed by atoms with Gasteiger partial charge in [0, 0.05) is 23.3 Å². The molecular weight excluding hydrogens is 148 g/mol. The molecule has 1 N–H and O–H groups in total. The van der Waals surface area contributed by atoms with E-state index in [1.807, 2.05) is 13.0 Å². The van der Waals surface area contributed by atoms with Gasteiger partial charge in [0.05, 0.1) is 10.9 Å². The molecule has 0 aliphatic carbocycles. The van der Waals surface area contributed by atoms with Crippen molar-refractivity contribution in [1.29, 1.82) is 0 Å². The summed E-state index contributed by atoms with van der Waals surface area (Å²) in [6.07, 6.45) is 3.35. The van der Waals surface area contributed by atoms with E-state index in [4.69, 9.17) is 0 Å². The standard InChI is InChI=1S/C6H10N2OS/c1-5(10(2)9)6-3-4-7-8-6/h3-5H,1-2H3,(H,7,8). The predicted octanol–water partition coefficient (Wildman–Crippen LogP) is 0.849. The van der Waals surface area contributed by atoms with Crippen LogP contribution >= 0.6 is 0 Å². The van der Waals surface area contributed by atoms with Crippen LogP contribution in [-0.2, 0) is 10.8 Å². The first-order chi connectivity index (χ1) is 4.72. The Bertz CT molecular complexity index is 220. The van der Waals surface area contributed by atoms with E-state index < -0.39 is 10.8 Å². The van der Waals surface area contributed by atoms with Crippen molar-refractivity contribution in [3.63, 3.8) is 0 Å². The Morgan fingerprint density at radius 2 is 2.50 bits per heavy atom. The highest BCUT2D eigenvalue weighted by Gasteiger charge is 2.08. The third-order valence-electron chi connectivity index (χ3n) is 1.46. The maximum absolute atomic E-state index is 10.9. The van der Waals surface area contributed by atoms with E-state index in [2.05, 4.69) is 10.2 Å². The summed E-state index contributed by atoms with van der Waals surface area (Å²) >= 11 is 0. The number of nitrogens with zero attached hydrogens (tertiary/aromatic N) is 1. The van der Waals surface area contributed by atoms with Crippen LogP contribution < -0.4 is 0 Å². The normalized spacial score (nSPS) is 16.6. The van der Waals surface area contributed by atoms with Gasteiger partial charge in [-0.2, -0.15) is 5.10 Å². The molecule has 1 aromatic rings. The lowest BCUT2D eigenvalue weighted by atomic mass is 10.3.